The van der Waals surface area contributed by atoms with Gasteiger partial charge in [-0.2, -0.15) is 0 Å². The minimum Gasteiger partial charge on any atom is -0.353 e. The van der Waals surface area contributed by atoms with Crippen molar-refractivity contribution in [1.29, 1.82) is 0 Å². The van der Waals surface area contributed by atoms with E-state index < -0.39 is 17.5 Å². The summed E-state index contributed by atoms with van der Waals surface area (Å²) < 4.78 is 26.3. The van der Waals surface area contributed by atoms with Crippen molar-refractivity contribution in [3.63, 3.8) is 0 Å². The number of hydrogen-bond acceptors (Lipinski definition) is 4. The van der Waals surface area contributed by atoms with Gasteiger partial charge in [-0.3, -0.25) is 9.59 Å². The van der Waals surface area contributed by atoms with Gasteiger partial charge in [0.15, 0.2) is 11.6 Å². The molecule has 0 saturated carbocycles. The van der Waals surface area contributed by atoms with Crippen molar-refractivity contribution in [3.8, 4) is 11.3 Å². The predicted octanol–water partition coefficient (Wildman–Crippen LogP) is 0.994. The van der Waals surface area contributed by atoms with Gasteiger partial charge in [-0.25, -0.2) is 18.7 Å². The smallest absolute Gasteiger partial charge is 0.273 e. The van der Waals surface area contributed by atoms with Crippen LogP contribution in [-0.4, -0.2) is 46.3 Å². The second-order valence-corrected chi connectivity index (χ2v) is 4.99. The van der Waals surface area contributed by atoms with Crippen LogP contribution < -0.4 is 5.32 Å². The molecule has 0 unspecified atom stereocenters. The number of carbonyl (C=O) groups excluding carboxylic acids is 2. The van der Waals surface area contributed by atoms with Gasteiger partial charge in [0.25, 0.3) is 5.91 Å². The van der Waals surface area contributed by atoms with E-state index in [1.54, 1.807) is 0 Å². The van der Waals surface area contributed by atoms with E-state index in [-0.39, 0.29) is 18.1 Å². The van der Waals surface area contributed by atoms with Crippen LogP contribution in [0.5, 0.6) is 0 Å². The van der Waals surface area contributed by atoms with Crippen LogP contribution in [0.3, 0.4) is 0 Å². The van der Waals surface area contributed by atoms with Crippen LogP contribution in [-0.2, 0) is 4.79 Å². The van der Waals surface area contributed by atoms with Crippen molar-refractivity contribution in [2.24, 2.45) is 0 Å². The monoisotopic (exact) mass is 318 g/mol. The van der Waals surface area contributed by atoms with Crippen molar-refractivity contribution < 1.29 is 18.4 Å². The molecule has 6 nitrogen and oxygen atoms in total. The first-order valence-electron chi connectivity index (χ1n) is 6.88. The average Bonchev–Trinajstić information content (AvgIpc) is 2.57. The molecule has 0 atom stereocenters. The third-order valence-corrected chi connectivity index (χ3v) is 3.43. The van der Waals surface area contributed by atoms with Gasteiger partial charge in [0.1, 0.15) is 12.0 Å². The standard InChI is InChI=1S/C15H12F2N4O2/c16-10-2-1-9(5-11(10)17)12-6-13(20-8-19-12)15(23)21-4-3-18-14(22)7-21/h1-2,5-6,8H,3-4,7H2,(H,18,22). The fourth-order valence-corrected chi connectivity index (χ4v) is 2.26. The zero-order chi connectivity index (χ0) is 16.4. The Hall–Kier alpha value is -2.90. The minimum absolute atomic E-state index is 0.0383. The third-order valence-electron chi connectivity index (χ3n) is 3.43. The third kappa shape index (κ3) is 3.15. The van der Waals surface area contributed by atoms with Crippen LogP contribution >= 0.6 is 0 Å². The lowest BCUT2D eigenvalue weighted by Gasteiger charge is -2.26. The number of nitrogens with zero attached hydrogens (tertiary/aromatic N) is 3. The lowest BCUT2D eigenvalue weighted by molar-refractivity contribution is -0.123. The number of benzene rings is 1. The van der Waals surface area contributed by atoms with Gasteiger partial charge < -0.3 is 10.2 Å². The molecule has 1 N–H and O–H groups in total. The number of piperazine rings is 1. The van der Waals surface area contributed by atoms with Gasteiger partial charge in [0.05, 0.1) is 12.2 Å². The molecule has 0 aliphatic carbocycles. The van der Waals surface area contributed by atoms with E-state index in [1.165, 1.54) is 23.4 Å². The van der Waals surface area contributed by atoms with Crippen molar-refractivity contribution in [1.82, 2.24) is 20.2 Å². The molecular formula is C15H12F2N4O2. The Labute approximate surface area is 130 Å². The Balaban J connectivity index is 1.88. The molecule has 2 amide bonds. The van der Waals surface area contributed by atoms with Gasteiger partial charge in [-0.05, 0) is 24.3 Å². The fourth-order valence-electron chi connectivity index (χ4n) is 2.26. The first kappa shape index (κ1) is 15.0. The summed E-state index contributed by atoms with van der Waals surface area (Å²) in [5, 5.41) is 2.62. The summed E-state index contributed by atoms with van der Waals surface area (Å²) in [5.41, 5.74) is 0.717. The molecule has 1 saturated heterocycles. The maximum atomic E-state index is 13.3. The Kier molecular flexibility index (Phi) is 3.96. The van der Waals surface area contributed by atoms with Gasteiger partial charge in [0.2, 0.25) is 5.91 Å². The molecule has 3 rings (SSSR count). The number of hydrogen-bond donors (Lipinski definition) is 1. The summed E-state index contributed by atoms with van der Waals surface area (Å²) in [6.07, 6.45) is 1.17. The van der Waals surface area contributed by atoms with Crippen molar-refractivity contribution in [3.05, 3.63) is 47.9 Å². The highest BCUT2D eigenvalue weighted by atomic mass is 19.2. The Morgan fingerprint density at radius 2 is 2.00 bits per heavy atom. The number of halogens is 2. The van der Waals surface area contributed by atoms with E-state index in [0.717, 1.165) is 12.1 Å². The molecule has 118 valence electrons. The fraction of sp³-hybridized carbons (Fsp3) is 0.200. The summed E-state index contributed by atoms with van der Waals surface area (Å²) in [6, 6.07) is 4.74. The number of carbonyl (C=O) groups is 2. The number of rotatable bonds is 2. The highest BCUT2D eigenvalue weighted by Gasteiger charge is 2.23. The van der Waals surface area contributed by atoms with Gasteiger partial charge in [0, 0.05) is 18.7 Å². The summed E-state index contributed by atoms with van der Waals surface area (Å²) in [7, 11) is 0. The highest BCUT2D eigenvalue weighted by Crippen LogP contribution is 2.20. The highest BCUT2D eigenvalue weighted by molar-refractivity contribution is 5.96. The molecule has 1 aromatic heterocycles. The molecule has 0 bridgehead atoms. The van der Waals surface area contributed by atoms with Crippen LogP contribution in [0.2, 0.25) is 0 Å². The van der Waals surface area contributed by atoms with Gasteiger partial charge in [-0.15, -0.1) is 0 Å². The first-order valence-corrected chi connectivity index (χ1v) is 6.88. The van der Waals surface area contributed by atoms with E-state index in [0.29, 0.717) is 24.3 Å². The van der Waals surface area contributed by atoms with E-state index in [1.807, 2.05) is 0 Å². The first-order chi connectivity index (χ1) is 11.0. The molecule has 2 heterocycles. The number of aromatic nitrogens is 2. The predicted molar refractivity (Wildman–Crippen MR) is 76.3 cm³/mol. The quantitative estimate of drug-likeness (QED) is 0.896. The van der Waals surface area contributed by atoms with E-state index in [9.17, 15) is 18.4 Å². The van der Waals surface area contributed by atoms with Crippen molar-refractivity contribution in [2.75, 3.05) is 19.6 Å². The van der Waals surface area contributed by atoms with Crippen LogP contribution in [0, 0.1) is 11.6 Å². The second-order valence-electron chi connectivity index (χ2n) is 4.99. The number of nitrogens with one attached hydrogen (secondary N) is 1. The molecule has 23 heavy (non-hydrogen) atoms. The lowest BCUT2D eigenvalue weighted by Crippen LogP contribution is -2.50. The summed E-state index contributed by atoms with van der Waals surface area (Å²) in [5.74, 6) is -2.61. The average molecular weight is 318 g/mol. The lowest BCUT2D eigenvalue weighted by atomic mass is 10.1. The summed E-state index contributed by atoms with van der Waals surface area (Å²) in [6.45, 7) is 0.726. The maximum absolute atomic E-state index is 13.3. The van der Waals surface area contributed by atoms with Gasteiger partial charge in [-0.1, -0.05) is 0 Å². The zero-order valence-electron chi connectivity index (χ0n) is 11.9. The van der Waals surface area contributed by atoms with Crippen molar-refractivity contribution in [2.45, 2.75) is 0 Å². The molecule has 1 aromatic carbocycles. The minimum atomic E-state index is -0.998. The van der Waals surface area contributed by atoms with E-state index >= 15 is 0 Å². The molecule has 1 fully saturated rings. The van der Waals surface area contributed by atoms with Crippen LogP contribution in [0.15, 0.2) is 30.6 Å². The van der Waals surface area contributed by atoms with Crippen LogP contribution in [0.1, 0.15) is 10.5 Å². The Morgan fingerprint density at radius 1 is 1.17 bits per heavy atom. The summed E-state index contributed by atoms with van der Waals surface area (Å²) in [4.78, 5) is 33.0. The van der Waals surface area contributed by atoms with Crippen LogP contribution in [0.25, 0.3) is 11.3 Å². The second kappa shape index (κ2) is 6.07. The van der Waals surface area contributed by atoms with Gasteiger partial charge >= 0.3 is 0 Å². The van der Waals surface area contributed by atoms with E-state index in [4.69, 9.17) is 0 Å². The molecule has 8 heteroatoms. The molecule has 2 aromatic rings. The van der Waals surface area contributed by atoms with Crippen LogP contribution in [0.4, 0.5) is 8.78 Å². The molecule has 1 aliphatic rings. The Bertz CT molecular complexity index is 782. The topological polar surface area (TPSA) is 75.2 Å². The maximum Gasteiger partial charge on any atom is 0.273 e. The molecule has 0 radical (unpaired) electrons. The molecule has 0 spiro atoms. The van der Waals surface area contributed by atoms with Crippen molar-refractivity contribution >= 4 is 11.8 Å². The Morgan fingerprint density at radius 3 is 2.74 bits per heavy atom. The summed E-state index contributed by atoms with van der Waals surface area (Å²) >= 11 is 0. The normalized spacial score (nSPS) is 14.5. The molecular weight excluding hydrogens is 306 g/mol. The zero-order valence-corrected chi connectivity index (χ0v) is 11.9. The largest absolute Gasteiger partial charge is 0.353 e. The SMILES string of the molecule is O=C1CN(C(=O)c2cc(-c3ccc(F)c(F)c3)ncn2)CCN1. The van der Waals surface area contributed by atoms with E-state index in [2.05, 4.69) is 15.3 Å². The molecule has 1 aliphatic heterocycles. The number of amides is 2.